The summed E-state index contributed by atoms with van der Waals surface area (Å²) in [6, 6.07) is 17.5. The first-order valence-corrected chi connectivity index (χ1v) is 8.10. The summed E-state index contributed by atoms with van der Waals surface area (Å²) in [5.74, 6) is -0.210. The molecule has 0 spiro atoms. The van der Waals surface area contributed by atoms with Crippen molar-refractivity contribution in [3.8, 4) is 5.75 Å². The molecule has 0 saturated heterocycles. The average molecular weight is 313 g/mol. The van der Waals surface area contributed by atoms with Crippen molar-refractivity contribution in [2.24, 2.45) is 0 Å². The molecule has 0 aliphatic rings. The standard InChI is InChI=1S/C17H14O4S/c18-17-11-15(22(19,20)21)10-14-9-13(6-7-16(14)17)8-12-4-2-1-3-5-12/h1-7,9-11,18H,8H2,(H,19,20,21)/p-1. The van der Waals surface area contributed by atoms with Gasteiger partial charge < -0.3 is 9.66 Å². The van der Waals surface area contributed by atoms with Crippen molar-refractivity contribution in [2.45, 2.75) is 11.3 Å². The Bertz CT molecular complexity index is 932. The summed E-state index contributed by atoms with van der Waals surface area (Å²) in [4.78, 5) is -0.422. The molecule has 0 aliphatic carbocycles. The minimum Gasteiger partial charge on any atom is -0.744 e. The quantitative estimate of drug-likeness (QED) is 0.754. The number of phenolic OH excluding ortho intramolecular Hbond substituents is 1. The minimum atomic E-state index is -4.60. The Balaban J connectivity index is 2.08. The van der Waals surface area contributed by atoms with Crippen molar-refractivity contribution in [3.05, 3.63) is 71.8 Å². The summed E-state index contributed by atoms with van der Waals surface area (Å²) in [6.07, 6.45) is 0.686. The van der Waals surface area contributed by atoms with Gasteiger partial charge in [-0.25, -0.2) is 8.42 Å². The van der Waals surface area contributed by atoms with Crippen molar-refractivity contribution >= 4 is 20.9 Å². The van der Waals surface area contributed by atoms with E-state index in [0.29, 0.717) is 17.2 Å². The Morgan fingerprint density at radius 2 is 1.64 bits per heavy atom. The predicted octanol–water partition coefficient (Wildman–Crippen LogP) is 3.04. The average Bonchev–Trinajstić information content (AvgIpc) is 2.47. The molecule has 0 heterocycles. The molecule has 3 rings (SSSR count). The fourth-order valence-electron chi connectivity index (χ4n) is 2.46. The zero-order valence-electron chi connectivity index (χ0n) is 11.6. The van der Waals surface area contributed by atoms with Crippen LogP contribution in [0, 0.1) is 0 Å². The molecule has 0 bridgehead atoms. The van der Waals surface area contributed by atoms with Crippen LogP contribution < -0.4 is 0 Å². The van der Waals surface area contributed by atoms with Gasteiger partial charge in [-0.15, -0.1) is 0 Å². The van der Waals surface area contributed by atoms with E-state index in [9.17, 15) is 18.1 Å². The van der Waals surface area contributed by atoms with E-state index in [0.717, 1.165) is 17.2 Å². The summed E-state index contributed by atoms with van der Waals surface area (Å²) in [5.41, 5.74) is 2.09. The molecular weight excluding hydrogens is 300 g/mol. The first-order valence-electron chi connectivity index (χ1n) is 6.69. The molecule has 4 nitrogen and oxygen atoms in total. The zero-order chi connectivity index (χ0) is 15.7. The van der Waals surface area contributed by atoms with Crippen molar-refractivity contribution in [3.63, 3.8) is 0 Å². The van der Waals surface area contributed by atoms with Crippen LogP contribution in [0.25, 0.3) is 10.8 Å². The summed E-state index contributed by atoms with van der Waals surface area (Å²) >= 11 is 0. The van der Waals surface area contributed by atoms with E-state index in [1.165, 1.54) is 6.07 Å². The largest absolute Gasteiger partial charge is 0.744 e. The lowest BCUT2D eigenvalue weighted by Crippen LogP contribution is -1.98. The molecule has 3 aromatic carbocycles. The molecule has 22 heavy (non-hydrogen) atoms. The SMILES string of the molecule is O=S(=O)([O-])c1cc(O)c2ccc(Cc3ccccc3)cc2c1. The fourth-order valence-corrected chi connectivity index (χ4v) is 2.99. The van der Waals surface area contributed by atoms with Gasteiger partial charge in [-0.3, -0.25) is 0 Å². The van der Waals surface area contributed by atoms with Crippen molar-refractivity contribution in [2.75, 3.05) is 0 Å². The minimum absolute atomic E-state index is 0.210. The van der Waals surface area contributed by atoms with Crippen LogP contribution in [0.4, 0.5) is 0 Å². The molecule has 0 amide bonds. The Hall–Kier alpha value is -2.37. The van der Waals surface area contributed by atoms with Crippen molar-refractivity contribution in [1.29, 1.82) is 0 Å². The van der Waals surface area contributed by atoms with Gasteiger partial charge in [0, 0.05) is 5.39 Å². The maximum atomic E-state index is 11.1. The second kappa shape index (κ2) is 5.44. The fraction of sp³-hybridized carbons (Fsp3) is 0.0588. The molecule has 3 aromatic rings. The predicted molar refractivity (Wildman–Crippen MR) is 82.8 cm³/mol. The van der Waals surface area contributed by atoms with Crippen LogP contribution in [0.5, 0.6) is 5.75 Å². The normalized spacial score (nSPS) is 11.7. The molecule has 0 fully saturated rings. The number of fused-ring (bicyclic) bond motifs is 1. The number of hydrogen-bond acceptors (Lipinski definition) is 4. The molecule has 0 atom stereocenters. The highest BCUT2D eigenvalue weighted by Crippen LogP contribution is 2.29. The van der Waals surface area contributed by atoms with E-state index >= 15 is 0 Å². The number of benzene rings is 3. The molecule has 1 N–H and O–H groups in total. The van der Waals surface area contributed by atoms with Crippen LogP contribution in [-0.4, -0.2) is 18.1 Å². The molecular formula is C17H13O4S-. The second-order valence-electron chi connectivity index (χ2n) is 5.11. The first-order chi connectivity index (χ1) is 10.4. The third kappa shape index (κ3) is 2.95. The van der Waals surface area contributed by atoms with E-state index in [1.807, 2.05) is 36.4 Å². The van der Waals surface area contributed by atoms with Gasteiger partial charge in [-0.05, 0) is 35.1 Å². The van der Waals surface area contributed by atoms with Crippen LogP contribution in [0.15, 0.2) is 65.6 Å². The Kier molecular flexibility index (Phi) is 3.60. The van der Waals surface area contributed by atoms with E-state index < -0.39 is 15.0 Å². The highest BCUT2D eigenvalue weighted by atomic mass is 32.2. The highest BCUT2D eigenvalue weighted by Gasteiger charge is 2.08. The topological polar surface area (TPSA) is 77.4 Å². The first kappa shape index (κ1) is 14.6. The Labute approximate surface area is 128 Å². The molecule has 0 unspecified atom stereocenters. The third-order valence-electron chi connectivity index (χ3n) is 3.51. The van der Waals surface area contributed by atoms with Gasteiger partial charge in [-0.2, -0.15) is 0 Å². The molecule has 0 aliphatic heterocycles. The molecule has 0 aromatic heterocycles. The summed E-state index contributed by atoms with van der Waals surface area (Å²) in [7, 11) is -4.60. The second-order valence-corrected chi connectivity index (χ2v) is 6.49. The van der Waals surface area contributed by atoms with Gasteiger partial charge in [-0.1, -0.05) is 48.5 Å². The third-order valence-corrected chi connectivity index (χ3v) is 4.32. The van der Waals surface area contributed by atoms with Gasteiger partial charge in [0.1, 0.15) is 15.9 Å². The van der Waals surface area contributed by atoms with Gasteiger partial charge >= 0.3 is 0 Å². The number of phenols is 1. The van der Waals surface area contributed by atoms with E-state index in [1.54, 1.807) is 12.1 Å². The molecule has 5 heteroatoms. The van der Waals surface area contributed by atoms with Gasteiger partial charge in [0.05, 0.1) is 4.90 Å². The van der Waals surface area contributed by atoms with E-state index in [-0.39, 0.29) is 5.75 Å². The number of hydrogen-bond donors (Lipinski definition) is 1. The van der Waals surface area contributed by atoms with E-state index in [2.05, 4.69) is 0 Å². The Morgan fingerprint density at radius 3 is 2.32 bits per heavy atom. The molecule has 0 saturated carbocycles. The smallest absolute Gasteiger partial charge is 0.124 e. The lowest BCUT2D eigenvalue weighted by Gasteiger charge is -2.11. The summed E-state index contributed by atoms with van der Waals surface area (Å²) in [6.45, 7) is 0. The lowest BCUT2D eigenvalue weighted by molar-refractivity contribution is 0.458. The maximum absolute atomic E-state index is 11.1. The van der Waals surface area contributed by atoms with Crippen molar-refractivity contribution in [1.82, 2.24) is 0 Å². The van der Waals surface area contributed by atoms with Gasteiger partial charge in [0.25, 0.3) is 0 Å². The molecule has 0 radical (unpaired) electrons. The maximum Gasteiger partial charge on any atom is 0.124 e. The Morgan fingerprint density at radius 1 is 0.909 bits per heavy atom. The van der Waals surface area contributed by atoms with Crippen molar-refractivity contribution < 1.29 is 18.1 Å². The van der Waals surface area contributed by atoms with Crippen LogP contribution in [0.2, 0.25) is 0 Å². The van der Waals surface area contributed by atoms with Crippen LogP contribution in [0.1, 0.15) is 11.1 Å². The van der Waals surface area contributed by atoms with Gasteiger partial charge in [0.2, 0.25) is 0 Å². The van der Waals surface area contributed by atoms with Crippen LogP contribution in [0.3, 0.4) is 0 Å². The summed E-state index contributed by atoms with van der Waals surface area (Å²) in [5, 5.41) is 10.9. The van der Waals surface area contributed by atoms with E-state index in [4.69, 9.17) is 0 Å². The molecule has 112 valence electrons. The van der Waals surface area contributed by atoms with Crippen LogP contribution >= 0.6 is 0 Å². The zero-order valence-corrected chi connectivity index (χ0v) is 12.4. The number of rotatable bonds is 3. The van der Waals surface area contributed by atoms with Gasteiger partial charge in [0.15, 0.2) is 0 Å². The number of aromatic hydroxyl groups is 1. The lowest BCUT2D eigenvalue weighted by atomic mass is 10.0. The highest BCUT2D eigenvalue weighted by molar-refractivity contribution is 7.85. The summed E-state index contributed by atoms with van der Waals surface area (Å²) < 4.78 is 33.4. The van der Waals surface area contributed by atoms with Crippen LogP contribution in [-0.2, 0) is 16.5 Å². The monoisotopic (exact) mass is 313 g/mol.